The molecule has 0 saturated carbocycles. The van der Waals surface area contributed by atoms with E-state index in [0.29, 0.717) is 25.2 Å². The third-order valence-corrected chi connectivity index (χ3v) is 14.2. The molecule has 6 heteroatoms. The molecule has 1 aromatic heterocycles. The minimum Gasteiger partial charge on any atom is -0.465 e. The minimum absolute atomic E-state index is 0.0482. The number of carbonyl (C=O) groups excluding carboxylic acids is 2. The standard InChI is InChI=1S/C46H74N2O4/c1-16-19-29-51-40(50)38(30-41(6,7)33(4)35-23-21-20-22-24-35)43(10,11)42(8,9)31-37(36-25-27-47-28-26-36)44(12,13)52-48-45(14,17-2)32-39(49)34(5)46(48,15)18-3/h20-28,33-34,37-38H,16-19,29-32H2,1-15H3. The number of ether oxygens (including phenoxy) is 1. The minimum atomic E-state index is -0.667. The van der Waals surface area contributed by atoms with E-state index in [4.69, 9.17) is 9.57 Å². The Morgan fingerprint density at radius 2 is 1.50 bits per heavy atom. The average molecular weight is 719 g/mol. The number of pyridine rings is 1. The zero-order chi connectivity index (χ0) is 39.3. The van der Waals surface area contributed by atoms with E-state index >= 15 is 0 Å². The molecule has 292 valence electrons. The van der Waals surface area contributed by atoms with Crippen molar-refractivity contribution in [3.8, 4) is 0 Å². The highest BCUT2D eigenvalue weighted by atomic mass is 16.7. The molecule has 2 aromatic rings. The maximum atomic E-state index is 14.3. The lowest BCUT2D eigenvalue weighted by Crippen LogP contribution is -2.68. The molecule has 1 aromatic carbocycles. The van der Waals surface area contributed by atoms with Gasteiger partial charge in [0.2, 0.25) is 0 Å². The molecule has 0 N–H and O–H groups in total. The van der Waals surface area contributed by atoms with Gasteiger partial charge in [-0.05, 0) is 105 Å². The van der Waals surface area contributed by atoms with Crippen molar-refractivity contribution in [1.82, 2.24) is 10.0 Å². The van der Waals surface area contributed by atoms with E-state index < -0.39 is 22.1 Å². The predicted molar refractivity (Wildman–Crippen MR) is 215 cm³/mol. The van der Waals surface area contributed by atoms with Crippen LogP contribution in [0.25, 0.3) is 0 Å². The Balaban J connectivity index is 2.10. The van der Waals surface area contributed by atoms with Crippen LogP contribution >= 0.6 is 0 Å². The third-order valence-electron chi connectivity index (χ3n) is 14.2. The molecule has 6 atom stereocenters. The molecule has 0 radical (unpaired) electrons. The summed E-state index contributed by atoms with van der Waals surface area (Å²) >= 11 is 0. The molecule has 6 nitrogen and oxygen atoms in total. The molecule has 52 heavy (non-hydrogen) atoms. The topological polar surface area (TPSA) is 68.7 Å². The van der Waals surface area contributed by atoms with Gasteiger partial charge in [-0.3, -0.25) is 19.4 Å². The summed E-state index contributed by atoms with van der Waals surface area (Å²) in [5.74, 6) is -0.0726. The van der Waals surface area contributed by atoms with Crippen LogP contribution in [0, 0.1) is 28.1 Å². The lowest BCUT2D eigenvalue weighted by Gasteiger charge is -2.59. The van der Waals surface area contributed by atoms with Crippen LogP contribution in [0.4, 0.5) is 0 Å². The summed E-state index contributed by atoms with van der Waals surface area (Å²) in [6.45, 7) is 33.8. The second-order valence-electron chi connectivity index (χ2n) is 19.0. The van der Waals surface area contributed by atoms with E-state index in [1.807, 2.05) is 12.4 Å². The van der Waals surface area contributed by atoms with Gasteiger partial charge in [0.15, 0.2) is 0 Å². The van der Waals surface area contributed by atoms with E-state index in [1.54, 1.807) is 0 Å². The predicted octanol–water partition coefficient (Wildman–Crippen LogP) is 11.7. The van der Waals surface area contributed by atoms with Crippen LogP contribution in [0.1, 0.15) is 172 Å². The first kappa shape index (κ1) is 43.8. The molecular formula is C46H74N2O4. The van der Waals surface area contributed by atoms with Crippen LogP contribution in [0.5, 0.6) is 0 Å². The maximum absolute atomic E-state index is 14.3. The summed E-state index contributed by atoms with van der Waals surface area (Å²) in [7, 11) is 0. The second-order valence-corrected chi connectivity index (χ2v) is 19.0. The van der Waals surface area contributed by atoms with Crippen molar-refractivity contribution in [2.24, 2.45) is 28.1 Å². The van der Waals surface area contributed by atoms with Crippen molar-refractivity contribution >= 4 is 11.8 Å². The number of benzene rings is 1. The summed E-state index contributed by atoms with van der Waals surface area (Å²) in [5, 5.41) is 2.22. The van der Waals surface area contributed by atoms with Crippen LogP contribution in [0.3, 0.4) is 0 Å². The molecule has 6 unspecified atom stereocenters. The van der Waals surface area contributed by atoms with Crippen molar-refractivity contribution in [2.45, 2.75) is 177 Å². The highest BCUT2D eigenvalue weighted by Gasteiger charge is 2.57. The van der Waals surface area contributed by atoms with Gasteiger partial charge in [-0.15, -0.1) is 0 Å². The Morgan fingerprint density at radius 3 is 2.04 bits per heavy atom. The van der Waals surface area contributed by atoms with Crippen molar-refractivity contribution in [3.05, 3.63) is 66.0 Å². The normalized spacial score (nSPS) is 24.0. The SMILES string of the molecule is CCCCOC(=O)C(CC(C)(C)C(C)c1ccccc1)C(C)(C)C(C)(C)CC(c1ccncc1)C(C)(C)ON1C(C)(CC)CC(=O)C(C)C1(C)CC. The zero-order valence-electron chi connectivity index (χ0n) is 35.7. The van der Waals surface area contributed by atoms with E-state index in [2.05, 4.69) is 156 Å². The number of nitrogens with zero attached hydrogens (tertiary/aromatic N) is 2. The summed E-state index contributed by atoms with van der Waals surface area (Å²) in [6, 6.07) is 14.9. The lowest BCUT2D eigenvalue weighted by molar-refractivity contribution is -0.344. The van der Waals surface area contributed by atoms with Crippen LogP contribution in [0.2, 0.25) is 0 Å². The summed E-state index contributed by atoms with van der Waals surface area (Å²) in [5.41, 5.74) is -0.0791. The Morgan fingerprint density at radius 1 is 0.904 bits per heavy atom. The summed E-state index contributed by atoms with van der Waals surface area (Å²) in [6.07, 6.45) is 9.09. The number of ketones is 1. The number of carbonyl (C=O) groups is 2. The molecule has 3 rings (SSSR count). The van der Waals surface area contributed by atoms with Gasteiger partial charge in [0.05, 0.1) is 29.2 Å². The van der Waals surface area contributed by atoms with Gasteiger partial charge in [-0.25, -0.2) is 0 Å². The average Bonchev–Trinajstić information content (AvgIpc) is 3.10. The Bertz CT molecular complexity index is 1450. The number of hydroxylamine groups is 2. The van der Waals surface area contributed by atoms with Gasteiger partial charge < -0.3 is 4.74 Å². The van der Waals surface area contributed by atoms with Crippen molar-refractivity contribution in [3.63, 3.8) is 0 Å². The number of piperidine rings is 1. The maximum Gasteiger partial charge on any atom is 0.309 e. The monoisotopic (exact) mass is 719 g/mol. The van der Waals surface area contributed by atoms with Gasteiger partial charge in [-0.2, -0.15) is 5.06 Å². The summed E-state index contributed by atoms with van der Waals surface area (Å²) in [4.78, 5) is 39.5. The molecule has 2 heterocycles. The van der Waals surface area contributed by atoms with Crippen molar-refractivity contribution < 1.29 is 19.2 Å². The fraction of sp³-hybridized carbons (Fsp3) is 0.717. The van der Waals surface area contributed by atoms with Crippen LogP contribution in [-0.4, -0.2) is 45.1 Å². The Labute approximate surface area is 318 Å². The van der Waals surface area contributed by atoms with E-state index in [-0.39, 0.29) is 40.5 Å². The highest BCUT2D eigenvalue weighted by Crippen LogP contribution is 2.56. The fourth-order valence-corrected chi connectivity index (χ4v) is 8.52. The molecular weight excluding hydrogens is 645 g/mol. The first-order valence-electron chi connectivity index (χ1n) is 20.2. The van der Waals surface area contributed by atoms with E-state index in [0.717, 1.165) is 37.7 Å². The molecule has 1 saturated heterocycles. The number of unbranched alkanes of at least 4 members (excludes halogenated alkanes) is 1. The molecule has 0 spiro atoms. The number of hydrogen-bond donors (Lipinski definition) is 0. The fourth-order valence-electron chi connectivity index (χ4n) is 8.52. The van der Waals surface area contributed by atoms with Crippen LogP contribution < -0.4 is 0 Å². The molecule has 1 fully saturated rings. The van der Waals surface area contributed by atoms with Crippen molar-refractivity contribution in [1.29, 1.82) is 0 Å². The van der Waals surface area contributed by atoms with Crippen LogP contribution in [0.15, 0.2) is 54.9 Å². The number of esters is 1. The summed E-state index contributed by atoms with van der Waals surface area (Å²) < 4.78 is 6.10. The third kappa shape index (κ3) is 9.20. The second kappa shape index (κ2) is 16.8. The number of rotatable bonds is 18. The van der Waals surface area contributed by atoms with Gasteiger partial charge in [0.1, 0.15) is 5.78 Å². The number of Topliss-reactive ketones (excluding diaryl/α,β-unsaturated/α-hetero) is 1. The van der Waals surface area contributed by atoms with Gasteiger partial charge in [0.25, 0.3) is 0 Å². The van der Waals surface area contributed by atoms with Gasteiger partial charge in [-0.1, -0.05) is 113 Å². The van der Waals surface area contributed by atoms with Crippen LogP contribution in [-0.2, 0) is 19.2 Å². The largest absolute Gasteiger partial charge is 0.465 e. The molecule has 0 aliphatic carbocycles. The molecule has 1 aliphatic heterocycles. The molecule has 0 bridgehead atoms. The zero-order valence-corrected chi connectivity index (χ0v) is 35.7. The lowest BCUT2D eigenvalue weighted by atomic mass is 9.54. The molecule has 0 amide bonds. The first-order valence-corrected chi connectivity index (χ1v) is 20.2. The highest BCUT2D eigenvalue weighted by molar-refractivity contribution is 5.84. The Kier molecular flexibility index (Phi) is 14.2. The number of aromatic nitrogens is 1. The van der Waals surface area contributed by atoms with E-state index in [1.165, 1.54) is 5.56 Å². The van der Waals surface area contributed by atoms with Crippen molar-refractivity contribution in [2.75, 3.05) is 6.61 Å². The Hall–Kier alpha value is -2.57. The first-order chi connectivity index (χ1) is 24.0. The van der Waals surface area contributed by atoms with E-state index in [9.17, 15) is 9.59 Å². The van der Waals surface area contributed by atoms with Gasteiger partial charge in [0, 0.05) is 30.7 Å². The number of hydrogen-bond acceptors (Lipinski definition) is 6. The smallest absolute Gasteiger partial charge is 0.309 e. The van der Waals surface area contributed by atoms with Gasteiger partial charge >= 0.3 is 5.97 Å². The quantitative estimate of drug-likeness (QED) is 0.113. The molecule has 1 aliphatic rings.